The van der Waals surface area contributed by atoms with Gasteiger partial charge in [0, 0.05) is 18.1 Å². The van der Waals surface area contributed by atoms with Crippen molar-refractivity contribution in [1.29, 1.82) is 0 Å². The first kappa shape index (κ1) is 15.4. The number of alkyl halides is 2. The van der Waals surface area contributed by atoms with Crippen LogP contribution in [-0.4, -0.2) is 26.4 Å². The van der Waals surface area contributed by atoms with Crippen LogP contribution in [0, 0.1) is 5.92 Å². The number of halogens is 2. The van der Waals surface area contributed by atoms with E-state index in [0.29, 0.717) is 31.1 Å². The van der Waals surface area contributed by atoms with E-state index < -0.39 is 11.8 Å². The molecule has 1 aromatic carbocycles. The number of nitrogens with two attached hydrogens (primary N) is 1. The average Bonchev–Trinajstić information content (AvgIpc) is 2.94. The summed E-state index contributed by atoms with van der Waals surface area (Å²) in [6.07, 6.45) is 0.534. The molecule has 7 heteroatoms. The smallest absolute Gasteiger partial charge is 0.251 e. The third-order valence-corrected chi connectivity index (χ3v) is 4.81. The average molecular weight is 324 g/mol. The van der Waals surface area contributed by atoms with Gasteiger partial charge in [-0.15, -0.1) is 10.2 Å². The van der Waals surface area contributed by atoms with Crippen LogP contribution in [0.5, 0.6) is 0 Å². The lowest BCUT2D eigenvalue weighted by Gasteiger charge is -2.09. The molecule has 22 heavy (non-hydrogen) atoms. The zero-order valence-electron chi connectivity index (χ0n) is 12.1. The maximum Gasteiger partial charge on any atom is 0.251 e. The van der Waals surface area contributed by atoms with Crippen molar-refractivity contribution in [3.8, 4) is 0 Å². The number of rotatable bonds is 7. The maximum absolute atomic E-state index is 12.9. The molecule has 0 amide bonds. The number of nitrogens with zero attached hydrogens (tertiary/aromatic N) is 3. The highest BCUT2D eigenvalue weighted by Gasteiger charge is 2.55. The predicted molar refractivity (Wildman–Crippen MR) is 81.9 cm³/mol. The summed E-state index contributed by atoms with van der Waals surface area (Å²) in [6, 6.07) is 9.97. The van der Waals surface area contributed by atoms with E-state index in [2.05, 4.69) is 10.2 Å². The number of hydrogen-bond acceptors (Lipinski definition) is 4. The van der Waals surface area contributed by atoms with Gasteiger partial charge in [-0.1, -0.05) is 42.1 Å². The third-order valence-electron chi connectivity index (χ3n) is 3.81. The van der Waals surface area contributed by atoms with Gasteiger partial charge in [-0.25, -0.2) is 8.78 Å². The van der Waals surface area contributed by atoms with Gasteiger partial charge in [0.25, 0.3) is 5.92 Å². The quantitative estimate of drug-likeness (QED) is 0.796. The van der Waals surface area contributed by atoms with Crippen LogP contribution in [0.15, 0.2) is 35.5 Å². The monoisotopic (exact) mass is 324 g/mol. The van der Waals surface area contributed by atoms with Gasteiger partial charge in [-0.3, -0.25) is 0 Å². The Hall–Kier alpha value is -1.47. The summed E-state index contributed by atoms with van der Waals surface area (Å²) < 4.78 is 27.7. The fourth-order valence-electron chi connectivity index (χ4n) is 2.38. The molecule has 2 N–H and O–H groups in total. The first-order valence-corrected chi connectivity index (χ1v) is 8.25. The predicted octanol–water partition coefficient (Wildman–Crippen LogP) is 2.92. The fourth-order valence-corrected chi connectivity index (χ4v) is 3.39. The standard InChI is InChI=1S/C15H18F2N4S/c16-15(17)8-12(15)6-7-22-14-20-19-13(9-18)21(14)10-11-4-2-1-3-5-11/h1-5,12H,6-10,18H2/t12-/m0/s1. The molecule has 1 aliphatic rings. The third kappa shape index (κ3) is 3.47. The van der Waals surface area contributed by atoms with Gasteiger partial charge in [-0.05, 0) is 12.0 Å². The van der Waals surface area contributed by atoms with Crippen molar-refractivity contribution in [2.24, 2.45) is 11.7 Å². The minimum atomic E-state index is -2.44. The first-order valence-electron chi connectivity index (χ1n) is 7.27. The summed E-state index contributed by atoms with van der Waals surface area (Å²) in [7, 11) is 0. The second-order valence-corrected chi connectivity index (χ2v) is 6.54. The summed E-state index contributed by atoms with van der Waals surface area (Å²) in [4.78, 5) is 0. The van der Waals surface area contributed by atoms with Crippen LogP contribution in [0.1, 0.15) is 24.2 Å². The van der Waals surface area contributed by atoms with Crippen LogP contribution in [0.2, 0.25) is 0 Å². The van der Waals surface area contributed by atoms with Crippen LogP contribution in [0.4, 0.5) is 8.78 Å². The maximum atomic E-state index is 12.9. The molecule has 4 nitrogen and oxygen atoms in total. The van der Waals surface area contributed by atoms with Gasteiger partial charge in [0.2, 0.25) is 0 Å². The van der Waals surface area contributed by atoms with E-state index in [0.717, 1.165) is 10.7 Å². The van der Waals surface area contributed by atoms with Crippen LogP contribution in [-0.2, 0) is 13.1 Å². The largest absolute Gasteiger partial charge is 0.324 e. The van der Waals surface area contributed by atoms with Crippen LogP contribution in [0.25, 0.3) is 0 Å². The van der Waals surface area contributed by atoms with Gasteiger partial charge >= 0.3 is 0 Å². The zero-order chi connectivity index (χ0) is 15.6. The minimum Gasteiger partial charge on any atom is -0.324 e. The van der Waals surface area contributed by atoms with Crippen LogP contribution < -0.4 is 5.73 Å². The zero-order valence-corrected chi connectivity index (χ0v) is 12.9. The molecule has 1 atom stereocenters. The molecule has 0 saturated heterocycles. The lowest BCUT2D eigenvalue weighted by Crippen LogP contribution is -2.10. The Morgan fingerprint density at radius 1 is 1.27 bits per heavy atom. The molecular formula is C15H18F2N4S. The van der Waals surface area contributed by atoms with E-state index in [4.69, 9.17) is 5.73 Å². The van der Waals surface area contributed by atoms with Crippen molar-refractivity contribution in [2.45, 2.75) is 37.0 Å². The highest BCUT2D eigenvalue weighted by atomic mass is 32.2. The summed E-state index contributed by atoms with van der Waals surface area (Å²) >= 11 is 1.47. The Labute approximate surface area is 132 Å². The Balaban J connectivity index is 1.65. The molecular weight excluding hydrogens is 306 g/mol. The number of hydrogen-bond donors (Lipinski definition) is 1. The normalized spacial score (nSPS) is 19.3. The van der Waals surface area contributed by atoms with E-state index in [1.165, 1.54) is 11.8 Å². The SMILES string of the molecule is NCc1nnc(SCC[C@H]2CC2(F)F)n1Cc1ccccc1. The minimum absolute atomic E-state index is 0.0261. The van der Waals surface area contributed by atoms with Gasteiger partial charge in [-0.2, -0.15) is 0 Å². The van der Waals surface area contributed by atoms with Crippen molar-refractivity contribution < 1.29 is 8.78 Å². The second-order valence-electron chi connectivity index (χ2n) is 5.47. The molecule has 0 radical (unpaired) electrons. The van der Waals surface area contributed by atoms with Crippen LogP contribution >= 0.6 is 11.8 Å². The lowest BCUT2D eigenvalue weighted by molar-refractivity contribution is 0.0983. The van der Waals surface area contributed by atoms with Gasteiger partial charge < -0.3 is 10.3 Å². The number of benzene rings is 1. The Morgan fingerprint density at radius 2 is 2.00 bits per heavy atom. The number of aromatic nitrogens is 3. The molecule has 1 fully saturated rings. The number of thioether (sulfide) groups is 1. The highest BCUT2D eigenvalue weighted by Crippen LogP contribution is 2.51. The fraction of sp³-hybridized carbons (Fsp3) is 0.467. The van der Waals surface area contributed by atoms with E-state index in [1.54, 1.807) is 0 Å². The van der Waals surface area contributed by atoms with Gasteiger partial charge in [0.1, 0.15) is 5.82 Å². The van der Waals surface area contributed by atoms with E-state index >= 15 is 0 Å². The van der Waals surface area contributed by atoms with Gasteiger partial charge in [0.05, 0.1) is 13.1 Å². The van der Waals surface area contributed by atoms with Crippen molar-refractivity contribution in [2.75, 3.05) is 5.75 Å². The molecule has 1 heterocycles. The molecule has 1 aromatic heterocycles. The molecule has 3 rings (SSSR count). The molecule has 2 aromatic rings. The van der Waals surface area contributed by atoms with Crippen LogP contribution in [0.3, 0.4) is 0 Å². The summed E-state index contributed by atoms with van der Waals surface area (Å²) in [5.41, 5.74) is 6.84. The van der Waals surface area contributed by atoms with Gasteiger partial charge in [0.15, 0.2) is 5.16 Å². The van der Waals surface area contributed by atoms with Crippen molar-refractivity contribution >= 4 is 11.8 Å². The summed E-state index contributed by atoms with van der Waals surface area (Å²) in [5.74, 6) is -1.57. The molecule has 0 unspecified atom stereocenters. The molecule has 0 aliphatic heterocycles. The molecule has 118 valence electrons. The Kier molecular flexibility index (Phi) is 4.44. The topological polar surface area (TPSA) is 56.7 Å². The Morgan fingerprint density at radius 3 is 2.64 bits per heavy atom. The van der Waals surface area contributed by atoms with E-state index in [-0.39, 0.29) is 6.42 Å². The van der Waals surface area contributed by atoms with E-state index in [1.807, 2.05) is 34.9 Å². The first-order chi connectivity index (χ1) is 10.6. The molecule has 0 bridgehead atoms. The highest BCUT2D eigenvalue weighted by molar-refractivity contribution is 7.99. The lowest BCUT2D eigenvalue weighted by atomic mass is 10.2. The molecule has 0 spiro atoms. The summed E-state index contributed by atoms with van der Waals surface area (Å²) in [6.45, 7) is 0.948. The van der Waals surface area contributed by atoms with E-state index in [9.17, 15) is 8.78 Å². The molecule has 1 saturated carbocycles. The Bertz CT molecular complexity index is 630. The second kappa shape index (κ2) is 6.34. The van der Waals surface area contributed by atoms with Crippen molar-refractivity contribution in [1.82, 2.24) is 14.8 Å². The summed E-state index contributed by atoms with van der Waals surface area (Å²) in [5, 5.41) is 8.98. The molecule has 1 aliphatic carbocycles. The van der Waals surface area contributed by atoms with Crippen molar-refractivity contribution in [3.05, 3.63) is 41.7 Å². The van der Waals surface area contributed by atoms with Crippen molar-refractivity contribution in [3.63, 3.8) is 0 Å².